The van der Waals surface area contributed by atoms with Crippen molar-refractivity contribution in [3.63, 3.8) is 0 Å². The van der Waals surface area contributed by atoms with E-state index in [4.69, 9.17) is 4.74 Å². The fourth-order valence-corrected chi connectivity index (χ4v) is 2.45. The van der Waals surface area contributed by atoms with Crippen LogP contribution in [-0.2, 0) is 17.6 Å². The van der Waals surface area contributed by atoms with E-state index in [9.17, 15) is 4.79 Å². The molecule has 2 aromatic rings. The van der Waals surface area contributed by atoms with E-state index in [2.05, 4.69) is 34.3 Å². The molecule has 0 fully saturated rings. The van der Waals surface area contributed by atoms with Crippen molar-refractivity contribution in [1.29, 1.82) is 0 Å². The first-order valence-corrected chi connectivity index (χ1v) is 6.98. The maximum atomic E-state index is 11.9. The van der Waals surface area contributed by atoms with E-state index < -0.39 is 0 Å². The van der Waals surface area contributed by atoms with Gasteiger partial charge in [-0.15, -0.1) is 0 Å². The normalized spacial score (nSPS) is 15.9. The zero-order valence-electron chi connectivity index (χ0n) is 12.1. The van der Waals surface area contributed by atoms with Crippen LogP contribution >= 0.6 is 0 Å². The SMILES string of the molecule is CC1(C)CCc2cc(CC(=O)Nc3ncn[nH]3)ccc2O1. The Bertz CT molecular complexity index is 650. The summed E-state index contributed by atoms with van der Waals surface area (Å²) in [5.41, 5.74) is 2.02. The molecule has 21 heavy (non-hydrogen) atoms. The van der Waals surface area contributed by atoms with Crippen LogP contribution in [-0.4, -0.2) is 26.7 Å². The topological polar surface area (TPSA) is 79.9 Å². The number of nitrogens with one attached hydrogen (secondary N) is 2. The Balaban J connectivity index is 1.68. The molecule has 1 aliphatic heterocycles. The molecular formula is C15H18N4O2. The van der Waals surface area contributed by atoms with Crippen LogP contribution in [0.5, 0.6) is 5.75 Å². The molecule has 1 amide bonds. The van der Waals surface area contributed by atoms with Crippen molar-refractivity contribution in [3.05, 3.63) is 35.7 Å². The lowest BCUT2D eigenvalue weighted by molar-refractivity contribution is -0.115. The summed E-state index contributed by atoms with van der Waals surface area (Å²) in [5, 5.41) is 8.95. The van der Waals surface area contributed by atoms with Crippen LogP contribution < -0.4 is 10.1 Å². The summed E-state index contributed by atoms with van der Waals surface area (Å²) < 4.78 is 5.94. The number of ether oxygens (including phenoxy) is 1. The van der Waals surface area contributed by atoms with E-state index in [1.54, 1.807) is 0 Å². The predicted molar refractivity (Wildman–Crippen MR) is 78.2 cm³/mol. The largest absolute Gasteiger partial charge is 0.488 e. The summed E-state index contributed by atoms with van der Waals surface area (Å²) in [4.78, 5) is 15.8. The van der Waals surface area contributed by atoms with Crippen molar-refractivity contribution in [2.45, 2.75) is 38.7 Å². The van der Waals surface area contributed by atoms with Crippen LogP contribution in [0.2, 0.25) is 0 Å². The first kappa shape index (κ1) is 13.6. The molecule has 0 aliphatic carbocycles. The van der Waals surface area contributed by atoms with Crippen LogP contribution in [0.4, 0.5) is 5.95 Å². The Labute approximate surface area is 122 Å². The van der Waals surface area contributed by atoms with Gasteiger partial charge in [0, 0.05) is 0 Å². The van der Waals surface area contributed by atoms with Gasteiger partial charge in [0.1, 0.15) is 17.7 Å². The van der Waals surface area contributed by atoms with Gasteiger partial charge < -0.3 is 4.74 Å². The monoisotopic (exact) mass is 286 g/mol. The highest BCUT2D eigenvalue weighted by Gasteiger charge is 2.26. The Morgan fingerprint density at radius 2 is 2.33 bits per heavy atom. The smallest absolute Gasteiger partial charge is 0.231 e. The summed E-state index contributed by atoms with van der Waals surface area (Å²) >= 11 is 0. The number of amides is 1. The molecule has 0 atom stereocenters. The number of hydrogen-bond acceptors (Lipinski definition) is 4. The van der Waals surface area contributed by atoms with Gasteiger partial charge in [0.25, 0.3) is 0 Å². The van der Waals surface area contributed by atoms with Gasteiger partial charge in [0.15, 0.2) is 0 Å². The summed E-state index contributed by atoms with van der Waals surface area (Å²) in [5.74, 6) is 1.16. The Morgan fingerprint density at radius 1 is 1.48 bits per heavy atom. The lowest BCUT2D eigenvalue weighted by Gasteiger charge is -2.32. The number of carbonyl (C=O) groups is 1. The van der Waals surface area contributed by atoms with Gasteiger partial charge in [-0.25, -0.2) is 5.10 Å². The standard InChI is InChI=1S/C15H18N4O2/c1-15(2)6-5-11-7-10(3-4-12(11)21-15)8-13(20)18-14-16-9-17-19-14/h3-4,7,9H,5-6,8H2,1-2H3,(H2,16,17,18,19,20). The molecule has 110 valence electrons. The highest BCUT2D eigenvalue weighted by atomic mass is 16.5. The number of rotatable bonds is 3. The number of aryl methyl sites for hydroxylation is 1. The van der Waals surface area contributed by atoms with Crippen LogP contribution in [0.1, 0.15) is 31.4 Å². The first-order chi connectivity index (χ1) is 10.0. The molecule has 2 N–H and O–H groups in total. The molecule has 1 aliphatic rings. The maximum Gasteiger partial charge on any atom is 0.231 e. The van der Waals surface area contributed by atoms with E-state index in [0.717, 1.165) is 24.2 Å². The second-order valence-electron chi connectivity index (χ2n) is 5.86. The van der Waals surface area contributed by atoms with Crippen molar-refractivity contribution in [1.82, 2.24) is 15.2 Å². The highest BCUT2D eigenvalue weighted by molar-refractivity contribution is 5.90. The number of anilines is 1. The summed E-state index contributed by atoms with van der Waals surface area (Å²) in [6.07, 6.45) is 3.61. The Hall–Kier alpha value is -2.37. The van der Waals surface area contributed by atoms with Crippen LogP contribution in [0, 0.1) is 0 Å². The second-order valence-corrected chi connectivity index (χ2v) is 5.86. The quantitative estimate of drug-likeness (QED) is 0.905. The number of nitrogens with zero attached hydrogens (tertiary/aromatic N) is 2. The molecule has 1 aromatic carbocycles. The van der Waals surface area contributed by atoms with Crippen molar-refractivity contribution in [2.24, 2.45) is 0 Å². The van der Waals surface area contributed by atoms with E-state index in [1.807, 2.05) is 18.2 Å². The molecule has 3 rings (SSSR count). The summed E-state index contributed by atoms with van der Waals surface area (Å²) in [7, 11) is 0. The number of carbonyl (C=O) groups excluding carboxylic acids is 1. The molecule has 0 unspecified atom stereocenters. The highest BCUT2D eigenvalue weighted by Crippen LogP contribution is 2.33. The van der Waals surface area contributed by atoms with Crippen LogP contribution in [0.25, 0.3) is 0 Å². The van der Waals surface area contributed by atoms with Crippen LogP contribution in [0.3, 0.4) is 0 Å². The molecule has 0 saturated heterocycles. The average molecular weight is 286 g/mol. The number of fused-ring (bicyclic) bond motifs is 1. The summed E-state index contributed by atoms with van der Waals surface area (Å²) in [6, 6.07) is 5.93. The molecule has 2 heterocycles. The van der Waals surface area contributed by atoms with E-state index in [1.165, 1.54) is 11.9 Å². The van der Waals surface area contributed by atoms with Gasteiger partial charge >= 0.3 is 0 Å². The molecule has 6 heteroatoms. The number of aromatic amines is 1. The number of benzene rings is 1. The molecule has 6 nitrogen and oxygen atoms in total. The molecule has 0 spiro atoms. The van der Waals surface area contributed by atoms with Gasteiger partial charge in [-0.05, 0) is 43.9 Å². The minimum Gasteiger partial charge on any atom is -0.488 e. The van der Waals surface area contributed by atoms with Crippen molar-refractivity contribution in [2.75, 3.05) is 5.32 Å². The van der Waals surface area contributed by atoms with Gasteiger partial charge in [0.05, 0.1) is 6.42 Å². The first-order valence-electron chi connectivity index (χ1n) is 6.98. The predicted octanol–water partition coefficient (Wildman–Crippen LogP) is 2.09. The fourth-order valence-electron chi connectivity index (χ4n) is 2.45. The molecule has 0 bridgehead atoms. The minimum absolute atomic E-state index is 0.113. The van der Waals surface area contributed by atoms with Crippen LogP contribution in [0.15, 0.2) is 24.5 Å². The Kier molecular flexibility index (Phi) is 3.37. The van der Waals surface area contributed by atoms with Gasteiger partial charge in [-0.3, -0.25) is 10.1 Å². The van der Waals surface area contributed by atoms with Crippen molar-refractivity contribution in [3.8, 4) is 5.75 Å². The lowest BCUT2D eigenvalue weighted by Crippen LogP contribution is -2.32. The fraction of sp³-hybridized carbons (Fsp3) is 0.400. The zero-order valence-corrected chi connectivity index (χ0v) is 12.1. The Morgan fingerprint density at radius 3 is 3.10 bits per heavy atom. The van der Waals surface area contributed by atoms with Gasteiger partial charge in [-0.2, -0.15) is 10.1 Å². The number of hydrogen-bond donors (Lipinski definition) is 2. The second kappa shape index (κ2) is 5.20. The number of aromatic nitrogens is 3. The maximum absolute atomic E-state index is 11.9. The van der Waals surface area contributed by atoms with E-state index >= 15 is 0 Å². The molecule has 0 saturated carbocycles. The van der Waals surface area contributed by atoms with Gasteiger partial charge in [0.2, 0.25) is 11.9 Å². The molecule has 1 aromatic heterocycles. The lowest BCUT2D eigenvalue weighted by atomic mass is 9.93. The zero-order chi connectivity index (χ0) is 14.9. The number of H-pyrrole nitrogens is 1. The summed E-state index contributed by atoms with van der Waals surface area (Å²) in [6.45, 7) is 4.18. The third-order valence-electron chi connectivity index (χ3n) is 3.55. The average Bonchev–Trinajstić information content (AvgIpc) is 2.91. The van der Waals surface area contributed by atoms with E-state index in [-0.39, 0.29) is 11.5 Å². The van der Waals surface area contributed by atoms with Gasteiger partial charge in [-0.1, -0.05) is 12.1 Å². The third-order valence-corrected chi connectivity index (χ3v) is 3.55. The van der Waals surface area contributed by atoms with Crippen molar-refractivity contribution < 1.29 is 9.53 Å². The minimum atomic E-state index is -0.122. The molecule has 0 radical (unpaired) electrons. The van der Waals surface area contributed by atoms with Crippen molar-refractivity contribution >= 4 is 11.9 Å². The third kappa shape index (κ3) is 3.21. The van der Waals surface area contributed by atoms with E-state index in [0.29, 0.717) is 12.4 Å². The molecular weight excluding hydrogens is 268 g/mol.